The number of carboxylic acid groups (broad SMARTS) is 1. The number of fused-ring (bicyclic) bond motifs is 2. The number of pyridine rings is 1. The molecule has 4 aromatic rings. The van der Waals surface area contributed by atoms with Crippen LogP contribution in [0.25, 0.3) is 22.0 Å². The molecule has 3 atom stereocenters. The molecular formula is C31H27BrN8O5. The van der Waals surface area contributed by atoms with Crippen LogP contribution in [0.2, 0.25) is 0 Å². The van der Waals surface area contributed by atoms with E-state index in [0.717, 1.165) is 11.1 Å². The number of amides is 2. The summed E-state index contributed by atoms with van der Waals surface area (Å²) in [5.74, 6) is 4.32. The number of carbonyl (C=O) groups is 4. The second-order valence-corrected chi connectivity index (χ2v) is 12.1. The van der Waals surface area contributed by atoms with Crippen LogP contribution in [0.3, 0.4) is 0 Å². The number of anilines is 1. The average Bonchev–Trinajstić information content (AvgIpc) is 3.45. The van der Waals surface area contributed by atoms with Crippen molar-refractivity contribution in [3.8, 4) is 23.0 Å². The van der Waals surface area contributed by atoms with Crippen molar-refractivity contribution in [1.82, 2.24) is 29.6 Å². The summed E-state index contributed by atoms with van der Waals surface area (Å²) in [6.45, 7) is 4.90. The van der Waals surface area contributed by atoms with Gasteiger partial charge >= 0.3 is 5.97 Å². The molecule has 6 rings (SSSR count). The molecule has 0 saturated carbocycles. The van der Waals surface area contributed by atoms with Crippen molar-refractivity contribution in [2.24, 2.45) is 11.1 Å². The van der Waals surface area contributed by atoms with E-state index in [0.29, 0.717) is 22.3 Å². The number of aryl methyl sites for hydroxylation is 1. The van der Waals surface area contributed by atoms with Crippen LogP contribution in [0.15, 0.2) is 41.3 Å². The predicted molar refractivity (Wildman–Crippen MR) is 166 cm³/mol. The van der Waals surface area contributed by atoms with Crippen LogP contribution in [0, 0.1) is 24.2 Å². The van der Waals surface area contributed by atoms with Crippen molar-refractivity contribution in [3.63, 3.8) is 0 Å². The third-order valence-corrected chi connectivity index (χ3v) is 8.49. The first-order valence-corrected chi connectivity index (χ1v) is 14.8. The van der Waals surface area contributed by atoms with E-state index in [-0.39, 0.29) is 47.0 Å². The average molecular weight is 672 g/mol. The number of likely N-dealkylation sites (tertiary alicyclic amines) is 1. The molecule has 1 aliphatic carbocycles. The fraction of sp³-hybridized carbons (Fsp3) is 0.290. The van der Waals surface area contributed by atoms with Gasteiger partial charge in [0.1, 0.15) is 40.6 Å². The van der Waals surface area contributed by atoms with Crippen molar-refractivity contribution in [1.29, 1.82) is 0 Å². The minimum absolute atomic E-state index is 0.0241. The maximum Gasteiger partial charge on any atom is 0.335 e. The van der Waals surface area contributed by atoms with E-state index in [9.17, 15) is 24.3 Å². The Balaban J connectivity index is 1.35. The maximum absolute atomic E-state index is 14.0. The summed E-state index contributed by atoms with van der Waals surface area (Å²) >= 11 is 3.17. The van der Waals surface area contributed by atoms with Gasteiger partial charge in [0.05, 0.1) is 16.5 Å². The van der Waals surface area contributed by atoms with Gasteiger partial charge in [0.25, 0.3) is 0 Å². The third-order valence-electron chi connectivity index (χ3n) is 8.09. The van der Waals surface area contributed by atoms with E-state index in [4.69, 9.17) is 5.73 Å². The molecule has 13 nitrogen and oxygen atoms in total. The van der Waals surface area contributed by atoms with Gasteiger partial charge in [-0.15, -0.1) is 0 Å². The highest BCUT2D eigenvalue weighted by Gasteiger charge is 2.56. The van der Waals surface area contributed by atoms with Gasteiger partial charge in [-0.2, -0.15) is 5.10 Å². The normalized spacial score (nSPS) is 19.8. The Labute approximate surface area is 265 Å². The largest absolute Gasteiger partial charge is 0.478 e. The van der Waals surface area contributed by atoms with Crippen LogP contribution in [0.1, 0.15) is 52.5 Å². The number of nitrogens with one attached hydrogen (secondary N) is 1. The number of ketones is 1. The number of carboxylic acids is 1. The molecule has 45 heavy (non-hydrogen) atoms. The van der Waals surface area contributed by atoms with E-state index >= 15 is 0 Å². The van der Waals surface area contributed by atoms with Crippen LogP contribution in [0.5, 0.6) is 0 Å². The number of nitrogens with two attached hydrogens (primary N) is 1. The van der Waals surface area contributed by atoms with Crippen LogP contribution >= 0.6 is 15.9 Å². The van der Waals surface area contributed by atoms with Gasteiger partial charge in [0, 0.05) is 36.8 Å². The number of nitrogens with zero attached hydrogens (tertiary/aromatic N) is 6. The summed E-state index contributed by atoms with van der Waals surface area (Å²) < 4.78 is 1.69. The quantitative estimate of drug-likeness (QED) is 0.143. The zero-order valence-electron chi connectivity index (χ0n) is 24.5. The van der Waals surface area contributed by atoms with Crippen LogP contribution in [0.4, 0.5) is 5.82 Å². The monoisotopic (exact) mass is 670 g/mol. The Hall–Kier alpha value is -5.00. The molecule has 2 aliphatic rings. The lowest BCUT2D eigenvalue weighted by molar-refractivity contribution is -0.138. The SMILES string of the molecule is CC(=O)c1nn(CC(=O)N2[C@H](C(=O)Nc3cc(C(=O)O)cc(Br)n3)C[C@@]3(C)C#C[C@@H]23)c2c(CN)cc(-c3cnc(C)nc3)cc12. The lowest BCUT2D eigenvalue weighted by Gasteiger charge is -2.34. The molecule has 1 saturated heterocycles. The van der Waals surface area contributed by atoms with Crippen molar-refractivity contribution >= 4 is 56.2 Å². The minimum atomic E-state index is -1.18. The molecule has 14 heteroatoms. The summed E-state index contributed by atoms with van der Waals surface area (Å²) in [7, 11) is 0. The number of halogens is 1. The molecule has 4 N–H and O–H groups in total. The van der Waals surface area contributed by atoms with Crippen molar-refractivity contribution in [3.05, 3.63) is 63.9 Å². The Bertz CT molecular complexity index is 2000. The number of aromatic carboxylic acids is 1. The zero-order valence-corrected chi connectivity index (χ0v) is 26.0. The van der Waals surface area contributed by atoms with Crippen molar-refractivity contribution < 1.29 is 24.3 Å². The highest BCUT2D eigenvalue weighted by atomic mass is 79.9. The molecule has 0 radical (unpaired) electrons. The van der Waals surface area contributed by atoms with E-state index in [1.807, 2.05) is 19.1 Å². The maximum atomic E-state index is 14.0. The first-order chi connectivity index (χ1) is 21.4. The Morgan fingerprint density at radius 3 is 2.51 bits per heavy atom. The zero-order chi connectivity index (χ0) is 32.2. The molecular weight excluding hydrogens is 644 g/mol. The van der Waals surface area contributed by atoms with E-state index < -0.39 is 35.3 Å². The van der Waals surface area contributed by atoms with Gasteiger partial charge in [-0.25, -0.2) is 19.7 Å². The van der Waals surface area contributed by atoms with Gasteiger partial charge < -0.3 is 21.1 Å². The lowest BCUT2D eigenvalue weighted by atomic mass is 9.76. The number of Topliss-reactive ketones (excluding diaryl/α,β-unsaturated/α-hetero) is 1. The lowest BCUT2D eigenvalue weighted by Crippen LogP contribution is -2.50. The molecule has 3 aromatic heterocycles. The molecule has 1 aliphatic heterocycles. The highest BCUT2D eigenvalue weighted by Crippen LogP contribution is 2.45. The molecule has 0 spiro atoms. The van der Waals surface area contributed by atoms with Crippen molar-refractivity contribution in [2.45, 2.75) is 52.4 Å². The number of hydrogen-bond acceptors (Lipinski definition) is 9. The van der Waals surface area contributed by atoms with Gasteiger partial charge in [0.2, 0.25) is 11.8 Å². The standard InChI is InChI=1S/C31H27BrN8O5/c1-15(41)27-21-7-17(20-12-34-16(2)35-13-20)6-19(11-33)28(21)39(38-27)14-26(42)40-22(10-31(3)5-4-23(31)40)29(43)37-25-9-18(30(44)45)8-24(32)36-25/h6-9,12-13,22-23H,10-11,14,33H2,1-3H3,(H,44,45)(H,36,37,43)/t22-,23+,31+/m0/s1. The molecule has 1 fully saturated rings. The fourth-order valence-corrected chi connectivity index (χ4v) is 6.32. The second kappa shape index (κ2) is 11.2. The topological polar surface area (TPSA) is 186 Å². The molecule has 1 aromatic carbocycles. The van der Waals surface area contributed by atoms with Gasteiger partial charge in [-0.3, -0.25) is 19.1 Å². The van der Waals surface area contributed by atoms with Gasteiger partial charge in [0.15, 0.2) is 5.78 Å². The van der Waals surface area contributed by atoms with Crippen molar-refractivity contribution in [2.75, 3.05) is 5.32 Å². The molecule has 0 bridgehead atoms. The number of rotatable bonds is 8. The number of benzene rings is 1. The first kappa shape index (κ1) is 30.0. The van der Waals surface area contributed by atoms with Crippen LogP contribution < -0.4 is 11.1 Å². The summed E-state index contributed by atoms with van der Waals surface area (Å²) in [5.41, 5.74) is 8.37. The Kier molecular flexibility index (Phi) is 7.46. The molecule has 2 amide bonds. The molecule has 228 valence electrons. The summed E-state index contributed by atoms with van der Waals surface area (Å²) in [6, 6.07) is 4.78. The van der Waals surface area contributed by atoms with E-state index in [1.54, 1.807) is 19.3 Å². The van der Waals surface area contributed by atoms with Gasteiger partial charge in [-0.05, 0) is 71.6 Å². The smallest absolute Gasteiger partial charge is 0.335 e. The summed E-state index contributed by atoms with van der Waals surface area (Å²) in [5, 5.41) is 17.1. The van der Waals surface area contributed by atoms with Crippen LogP contribution in [-0.2, 0) is 22.7 Å². The molecule has 0 unspecified atom stereocenters. The third kappa shape index (κ3) is 5.34. The number of aromatic nitrogens is 5. The molecule has 4 heterocycles. The first-order valence-electron chi connectivity index (χ1n) is 14.0. The Morgan fingerprint density at radius 1 is 1.16 bits per heavy atom. The number of carbonyl (C=O) groups excluding carboxylic acids is 3. The van der Waals surface area contributed by atoms with E-state index in [1.165, 1.54) is 28.6 Å². The minimum Gasteiger partial charge on any atom is -0.478 e. The number of hydrogen-bond donors (Lipinski definition) is 3. The highest BCUT2D eigenvalue weighted by molar-refractivity contribution is 9.10. The summed E-state index contributed by atoms with van der Waals surface area (Å²) in [4.78, 5) is 66.0. The summed E-state index contributed by atoms with van der Waals surface area (Å²) in [6.07, 6.45) is 3.65. The van der Waals surface area contributed by atoms with E-state index in [2.05, 4.69) is 53.1 Å². The second-order valence-electron chi connectivity index (χ2n) is 11.3. The van der Waals surface area contributed by atoms with Crippen LogP contribution in [-0.4, -0.2) is 70.4 Å². The predicted octanol–water partition coefficient (Wildman–Crippen LogP) is 2.95. The fourth-order valence-electron chi connectivity index (χ4n) is 5.89. The van der Waals surface area contributed by atoms with Gasteiger partial charge in [-0.1, -0.05) is 11.8 Å². The Morgan fingerprint density at radius 2 is 1.89 bits per heavy atom.